The summed E-state index contributed by atoms with van der Waals surface area (Å²) in [5.41, 5.74) is 3.84. The molecule has 0 saturated carbocycles. The molecule has 51 heavy (non-hydrogen) atoms. The van der Waals surface area contributed by atoms with E-state index in [9.17, 15) is 22.8 Å². The van der Waals surface area contributed by atoms with E-state index in [0.717, 1.165) is 61.2 Å². The zero-order chi connectivity index (χ0) is 35.6. The van der Waals surface area contributed by atoms with Crippen LogP contribution in [0.4, 0.5) is 18.9 Å². The molecule has 1 saturated heterocycles. The summed E-state index contributed by atoms with van der Waals surface area (Å²) < 4.78 is 46.6. The molecule has 0 unspecified atom stereocenters. The molecule has 3 heterocycles. The Morgan fingerprint density at radius 2 is 1.55 bits per heavy atom. The van der Waals surface area contributed by atoms with Crippen LogP contribution >= 0.6 is 17.0 Å². The Morgan fingerprint density at radius 3 is 2.16 bits per heavy atom. The van der Waals surface area contributed by atoms with Crippen LogP contribution in [-0.2, 0) is 26.2 Å². The fraction of sp³-hybridized carbons (Fsp3) is 0.308. The lowest BCUT2D eigenvalue weighted by atomic mass is 10.0. The highest BCUT2D eigenvalue weighted by Gasteiger charge is 2.30. The molecule has 1 aliphatic rings. The highest BCUT2D eigenvalue weighted by molar-refractivity contribution is 8.93. The lowest BCUT2D eigenvalue weighted by Gasteiger charge is -2.34. The number of fused-ring (bicyclic) bond motifs is 1. The summed E-state index contributed by atoms with van der Waals surface area (Å²) in [6.45, 7) is 8.27. The third kappa shape index (κ3) is 8.80. The van der Waals surface area contributed by atoms with Crippen LogP contribution < -0.4 is 9.64 Å². The van der Waals surface area contributed by atoms with E-state index in [-0.39, 0.29) is 28.5 Å². The molecule has 1 fully saturated rings. The molecular weight excluding hydrogens is 723 g/mol. The van der Waals surface area contributed by atoms with Gasteiger partial charge in [0.25, 0.3) is 11.8 Å². The Bertz CT molecular complexity index is 1970. The number of benzene rings is 3. The number of anilines is 1. The molecule has 2 aromatic heterocycles. The highest BCUT2D eigenvalue weighted by Crippen LogP contribution is 2.31. The van der Waals surface area contributed by atoms with Gasteiger partial charge in [0.2, 0.25) is 5.88 Å². The third-order valence-corrected chi connectivity index (χ3v) is 9.06. The smallest absolute Gasteiger partial charge is 0.416 e. The molecule has 0 N–H and O–H groups in total. The highest BCUT2D eigenvalue weighted by atomic mass is 79.9. The van der Waals surface area contributed by atoms with E-state index in [0.29, 0.717) is 42.0 Å². The van der Waals surface area contributed by atoms with Crippen LogP contribution in [0.3, 0.4) is 0 Å². The average molecular weight is 765 g/mol. The zero-order valence-electron chi connectivity index (χ0n) is 29.0. The van der Waals surface area contributed by atoms with Gasteiger partial charge in [0.15, 0.2) is 0 Å². The Hall–Kier alpha value is -4.68. The van der Waals surface area contributed by atoms with Gasteiger partial charge in [0.05, 0.1) is 23.0 Å². The largest absolute Gasteiger partial charge is 0.439 e. The Morgan fingerprint density at radius 1 is 0.882 bits per heavy atom. The average Bonchev–Trinajstić information content (AvgIpc) is 3.43. The van der Waals surface area contributed by atoms with Crippen LogP contribution in [0.1, 0.15) is 51.4 Å². The number of carbonyl (C=O) groups excluding carboxylic acids is 2. The van der Waals surface area contributed by atoms with Gasteiger partial charge in [-0.1, -0.05) is 38.1 Å². The zero-order valence-corrected chi connectivity index (χ0v) is 30.7. The maximum absolute atomic E-state index is 13.6. The third-order valence-electron chi connectivity index (χ3n) is 9.06. The fourth-order valence-electron chi connectivity index (χ4n) is 6.22. The number of rotatable bonds is 9. The number of aryl methyl sites for hydroxylation is 1. The molecule has 1 aliphatic heterocycles. The lowest BCUT2D eigenvalue weighted by Crippen LogP contribution is -2.48. The van der Waals surface area contributed by atoms with Crippen molar-refractivity contribution in [1.29, 1.82) is 0 Å². The number of piperazine rings is 1. The number of halogens is 4. The summed E-state index contributed by atoms with van der Waals surface area (Å²) in [5, 5.41) is 0.912. The van der Waals surface area contributed by atoms with Crippen LogP contribution in [0.5, 0.6) is 11.6 Å². The van der Waals surface area contributed by atoms with Crippen molar-refractivity contribution in [3.05, 3.63) is 119 Å². The van der Waals surface area contributed by atoms with Gasteiger partial charge >= 0.3 is 6.18 Å². The van der Waals surface area contributed by atoms with E-state index in [1.807, 2.05) is 34.7 Å². The number of carbonyl (C=O) groups is 2. The summed E-state index contributed by atoms with van der Waals surface area (Å²) in [5.74, 6) is 0.972. The Labute approximate surface area is 306 Å². The topological polar surface area (TPSA) is 70.9 Å². The molecule has 268 valence electrons. The van der Waals surface area contributed by atoms with Crippen LogP contribution in [0.15, 0.2) is 91.1 Å². The van der Waals surface area contributed by atoms with Gasteiger partial charge < -0.3 is 19.1 Å². The van der Waals surface area contributed by atoms with Crippen LogP contribution in [0.25, 0.3) is 10.9 Å². The van der Waals surface area contributed by atoms with Gasteiger partial charge in [-0.15, -0.1) is 17.0 Å². The second-order valence-corrected chi connectivity index (χ2v) is 13.2. The van der Waals surface area contributed by atoms with Gasteiger partial charge in [-0.3, -0.25) is 14.5 Å². The van der Waals surface area contributed by atoms with Crippen molar-refractivity contribution in [3.63, 3.8) is 0 Å². The van der Waals surface area contributed by atoms with Crippen molar-refractivity contribution >= 4 is 45.4 Å². The predicted molar refractivity (Wildman–Crippen MR) is 198 cm³/mol. The summed E-state index contributed by atoms with van der Waals surface area (Å²) in [6.07, 6.45) is -1.94. The van der Waals surface area contributed by atoms with Crippen LogP contribution in [0.2, 0.25) is 0 Å². The molecule has 0 spiro atoms. The number of aromatic nitrogens is 2. The number of hydrogen-bond acceptors (Lipinski definition) is 5. The Balaban J connectivity index is 0.00000504. The van der Waals surface area contributed by atoms with Gasteiger partial charge in [-0.25, -0.2) is 4.98 Å². The number of hydrogen-bond donors (Lipinski definition) is 0. The van der Waals surface area contributed by atoms with E-state index >= 15 is 0 Å². The first-order valence-corrected chi connectivity index (χ1v) is 16.6. The van der Waals surface area contributed by atoms with E-state index in [1.54, 1.807) is 18.2 Å². The van der Waals surface area contributed by atoms with Crippen molar-refractivity contribution in [2.75, 3.05) is 38.1 Å². The molecule has 0 atom stereocenters. The van der Waals surface area contributed by atoms with Gasteiger partial charge in [0, 0.05) is 69.9 Å². The van der Waals surface area contributed by atoms with E-state index in [1.165, 1.54) is 29.3 Å². The van der Waals surface area contributed by atoms with Gasteiger partial charge in [-0.05, 0) is 72.0 Å². The predicted octanol–water partition coefficient (Wildman–Crippen LogP) is 8.40. The van der Waals surface area contributed by atoms with Crippen molar-refractivity contribution in [3.8, 4) is 11.6 Å². The van der Waals surface area contributed by atoms with Gasteiger partial charge in [0.1, 0.15) is 11.4 Å². The number of nitrogens with zero attached hydrogens (tertiary/aromatic N) is 5. The second-order valence-electron chi connectivity index (χ2n) is 13.2. The SMILES string of the molecule is Br.CC(C)Cc1ccc(CN2CCN(C(=O)c3cc4ccc(Oc5ccc(N(C)C(=O)c6ccc(C(F)(F)F)cc6)cn5)cc4n3C)CC2)cc1. The summed E-state index contributed by atoms with van der Waals surface area (Å²) in [7, 11) is 3.39. The molecule has 0 bridgehead atoms. The number of alkyl halides is 3. The molecule has 6 rings (SSSR count). The minimum Gasteiger partial charge on any atom is -0.439 e. The second kappa shape index (κ2) is 15.7. The maximum Gasteiger partial charge on any atom is 0.416 e. The quantitative estimate of drug-likeness (QED) is 0.151. The molecular formula is C39H41BrF3N5O3. The van der Waals surface area contributed by atoms with Crippen LogP contribution in [-0.4, -0.2) is 64.4 Å². The first-order chi connectivity index (χ1) is 23.9. The molecule has 2 amide bonds. The first kappa shape index (κ1) is 37.6. The lowest BCUT2D eigenvalue weighted by molar-refractivity contribution is -0.137. The molecule has 8 nitrogen and oxygen atoms in total. The minimum absolute atomic E-state index is 0. The Kier molecular flexibility index (Phi) is 11.6. The molecule has 0 aliphatic carbocycles. The van der Waals surface area contributed by atoms with E-state index in [4.69, 9.17) is 4.74 Å². The van der Waals surface area contributed by atoms with E-state index in [2.05, 4.69) is 48.0 Å². The number of pyridine rings is 1. The summed E-state index contributed by atoms with van der Waals surface area (Å²) in [6, 6.07) is 23.7. The van der Waals surface area contributed by atoms with Crippen molar-refractivity contribution < 1.29 is 27.5 Å². The van der Waals surface area contributed by atoms with Crippen LogP contribution in [0, 0.1) is 5.92 Å². The summed E-state index contributed by atoms with van der Waals surface area (Å²) >= 11 is 0. The normalized spacial score (nSPS) is 13.7. The molecule has 3 aromatic carbocycles. The monoisotopic (exact) mass is 763 g/mol. The molecule has 0 radical (unpaired) electrons. The van der Waals surface area contributed by atoms with Crippen molar-refractivity contribution in [2.45, 2.75) is 33.0 Å². The fourth-order valence-corrected chi connectivity index (χ4v) is 6.22. The number of amides is 2. The standard InChI is InChI=1S/C39H40F3N5O3.BrH/c1-26(2)21-27-5-7-28(8-6-27)25-46-17-19-47(20-18-46)38(49)35-22-30-11-15-33(23-34(30)45(35)4)50-36-16-14-32(24-43-36)44(3)37(48)29-9-12-31(13-10-29)39(40,41)42;/h5-16,22-24,26H,17-21,25H2,1-4H3;1H. The van der Waals surface area contributed by atoms with Crippen molar-refractivity contribution in [2.24, 2.45) is 13.0 Å². The summed E-state index contributed by atoms with van der Waals surface area (Å²) in [4.78, 5) is 36.4. The minimum atomic E-state index is -4.48. The molecule has 5 aromatic rings. The van der Waals surface area contributed by atoms with Gasteiger partial charge in [-0.2, -0.15) is 13.2 Å². The first-order valence-electron chi connectivity index (χ1n) is 16.6. The molecule has 12 heteroatoms. The number of ether oxygens (including phenoxy) is 1. The van der Waals surface area contributed by atoms with Crippen molar-refractivity contribution in [1.82, 2.24) is 19.4 Å². The van der Waals surface area contributed by atoms with E-state index < -0.39 is 17.6 Å². The maximum atomic E-state index is 13.6.